The van der Waals surface area contributed by atoms with E-state index in [-0.39, 0.29) is 41.8 Å². The van der Waals surface area contributed by atoms with Gasteiger partial charge in [0.05, 0.1) is 11.3 Å². The Morgan fingerprint density at radius 1 is 1.21 bits per heavy atom. The zero-order valence-corrected chi connectivity index (χ0v) is 16.4. The van der Waals surface area contributed by atoms with E-state index in [1.807, 2.05) is 0 Å². The third-order valence-electron chi connectivity index (χ3n) is 4.76. The van der Waals surface area contributed by atoms with Crippen molar-refractivity contribution in [1.29, 1.82) is 0 Å². The van der Waals surface area contributed by atoms with Crippen LogP contribution >= 0.6 is 0 Å². The predicted octanol–water partition coefficient (Wildman–Crippen LogP) is 1.17. The third kappa shape index (κ3) is 3.76. The van der Waals surface area contributed by atoms with Gasteiger partial charge in [0, 0.05) is 56.6 Å². The molecule has 0 atom stereocenters. The van der Waals surface area contributed by atoms with Crippen molar-refractivity contribution < 1.29 is 18.1 Å². The maximum absolute atomic E-state index is 12.9. The lowest BCUT2D eigenvalue weighted by Gasteiger charge is -2.22. The van der Waals surface area contributed by atoms with E-state index in [1.165, 1.54) is 29.0 Å². The summed E-state index contributed by atoms with van der Waals surface area (Å²) in [6.07, 6.45) is 3.33. The number of amides is 1. The van der Waals surface area contributed by atoms with E-state index >= 15 is 0 Å². The summed E-state index contributed by atoms with van der Waals surface area (Å²) in [5.74, 6) is -0.335. The highest BCUT2D eigenvalue weighted by molar-refractivity contribution is 7.89. The summed E-state index contributed by atoms with van der Waals surface area (Å²) in [5, 5.41) is 11.1. The molecule has 0 unspecified atom stereocenters. The van der Waals surface area contributed by atoms with Gasteiger partial charge in [-0.05, 0) is 19.4 Å². The van der Waals surface area contributed by atoms with E-state index in [9.17, 15) is 23.3 Å². The summed E-state index contributed by atoms with van der Waals surface area (Å²) in [5.41, 5.74) is 0.454. The van der Waals surface area contributed by atoms with Gasteiger partial charge in [-0.1, -0.05) is 6.07 Å². The fraction of sp³-hybridized carbons (Fsp3) is 0.412. The fourth-order valence-electron chi connectivity index (χ4n) is 3.21. The Balaban J connectivity index is 1.78. The monoisotopic (exact) mass is 407 g/mol. The molecule has 150 valence electrons. The SMILES string of the molecule is Cc1c(C(=O)N2CCCN(S(=O)(=O)c3cn(C)cn3)CC2)cccc1[N+](=O)[O-]. The van der Waals surface area contributed by atoms with Gasteiger partial charge in [0.2, 0.25) is 0 Å². The Labute approximate surface area is 162 Å². The van der Waals surface area contributed by atoms with Crippen LogP contribution in [0.4, 0.5) is 5.69 Å². The number of hydrogen-bond donors (Lipinski definition) is 0. The molecule has 1 aromatic heterocycles. The van der Waals surface area contributed by atoms with E-state index in [0.29, 0.717) is 18.5 Å². The molecule has 1 aliphatic heterocycles. The number of benzene rings is 1. The van der Waals surface area contributed by atoms with Crippen molar-refractivity contribution in [3.63, 3.8) is 0 Å². The summed E-state index contributed by atoms with van der Waals surface area (Å²) in [6, 6.07) is 4.39. The molecule has 3 rings (SSSR count). The van der Waals surface area contributed by atoms with Crippen LogP contribution in [0.3, 0.4) is 0 Å². The van der Waals surface area contributed by atoms with Crippen LogP contribution in [0.1, 0.15) is 22.3 Å². The number of nitrogens with zero attached hydrogens (tertiary/aromatic N) is 5. The normalized spacial score (nSPS) is 16.0. The maximum Gasteiger partial charge on any atom is 0.273 e. The summed E-state index contributed by atoms with van der Waals surface area (Å²) in [4.78, 5) is 29.0. The van der Waals surface area contributed by atoms with Crippen LogP contribution in [-0.4, -0.2) is 64.2 Å². The molecule has 2 heterocycles. The number of hydrogen-bond acceptors (Lipinski definition) is 6. The average Bonchev–Trinajstić information content (AvgIpc) is 2.94. The number of rotatable bonds is 4. The Morgan fingerprint density at radius 3 is 2.61 bits per heavy atom. The van der Waals surface area contributed by atoms with E-state index in [2.05, 4.69) is 4.98 Å². The lowest BCUT2D eigenvalue weighted by molar-refractivity contribution is -0.385. The molecule has 0 N–H and O–H groups in total. The molecule has 0 aliphatic carbocycles. The van der Waals surface area contributed by atoms with Crippen molar-refractivity contribution in [3.05, 3.63) is 52.0 Å². The van der Waals surface area contributed by atoms with Crippen LogP contribution in [0.2, 0.25) is 0 Å². The molecule has 28 heavy (non-hydrogen) atoms. The van der Waals surface area contributed by atoms with Crippen molar-refractivity contribution in [2.75, 3.05) is 26.2 Å². The zero-order chi connectivity index (χ0) is 20.5. The maximum atomic E-state index is 12.9. The number of aryl methyl sites for hydroxylation is 1. The number of imidazole rings is 1. The molecule has 2 aromatic rings. The van der Waals surface area contributed by atoms with Gasteiger partial charge >= 0.3 is 0 Å². The Bertz CT molecular complexity index is 1020. The second-order valence-electron chi connectivity index (χ2n) is 6.63. The summed E-state index contributed by atoms with van der Waals surface area (Å²) in [6.45, 7) is 2.53. The van der Waals surface area contributed by atoms with Crippen LogP contribution in [0, 0.1) is 17.0 Å². The van der Waals surface area contributed by atoms with Crippen LogP contribution in [0.15, 0.2) is 35.7 Å². The van der Waals surface area contributed by atoms with Gasteiger partial charge in [-0.3, -0.25) is 14.9 Å². The first-order chi connectivity index (χ1) is 13.2. The number of nitro groups is 1. The molecule has 1 fully saturated rings. The summed E-state index contributed by atoms with van der Waals surface area (Å²) in [7, 11) is -2.04. The van der Waals surface area contributed by atoms with Crippen LogP contribution in [0.5, 0.6) is 0 Å². The molecule has 11 heteroatoms. The molecular weight excluding hydrogens is 386 g/mol. The first-order valence-corrected chi connectivity index (χ1v) is 10.2. The van der Waals surface area contributed by atoms with Gasteiger partial charge in [0.15, 0.2) is 5.03 Å². The van der Waals surface area contributed by atoms with Crippen LogP contribution in [-0.2, 0) is 17.1 Å². The lowest BCUT2D eigenvalue weighted by Crippen LogP contribution is -2.37. The standard InChI is InChI=1S/C17H21N5O5S/c1-13-14(5-3-6-15(13)22(24)25)17(23)20-7-4-8-21(10-9-20)28(26,27)16-11-19(2)12-18-16/h3,5-6,11-12H,4,7-10H2,1-2H3. The molecule has 1 amide bonds. The van der Waals surface area contributed by atoms with E-state index in [4.69, 9.17) is 0 Å². The van der Waals surface area contributed by atoms with Crippen molar-refractivity contribution in [2.45, 2.75) is 18.4 Å². The highest BCUT2D eigenvalue weighted by atomic mass is 32.2. The topological polar surface area (TPSA) is 119 Å². The Kier molecular flexibility index (Phi) is 5.47. The highest BCUT2D eigenvalue weighted by Gasteiger charge is 2.31. The number of aromatic nitrogens is 2. The molecule has 1 saturated heterocycles. The zero-order valence-electron chi connectivity index (χ0n) is 15.6. The highest BCUT2D eigenvalue weighted by Crippen LogP contribution is 2.23. The molecule has 10 nitrogen and oxygen atoms in total. The van der Waals surface area contributed by atoms with Gasteiger partial charge < -0.3 is 9.47 Å². The predicted molar refractivity (Wildman–Crippen MR) is 100 cm³/mol. The Morgan fingerprint density at radius 2 is 1.96 bits per heavy atom. The number of nitro benzene ring substituents is 1. The molecule has 0 saturated carbocycles. The number of carbonyl (C=O) groups is 1. The van der Waals surface area contributed by atoms with Gasteiger partial charge in [-0.15, -0.1) is 0 Å². The fourth-order valence-corrected chi connectivity index (χ4v) is 4.65. The minimum Gasteiger partial charge on any atom is -0.339 e. The molecular formula is C17H21N5O5S. The van der Waals surface area contributed by atoms with Gasteiger partial charge in [-0.25, -0.2) is 13.4 Å². The third-order valence-corrected chi connectivity index (χ3v) is 6.54. The number of sulfonamides is 1. The van der Waals surface area contributed by atoms with Crippen molar-refractivity contribution >= 4 is 21.6 Å². The van der Waals surface area contributed by atoms with Crippen molar-refractivity contribution in [1.82, 2.24) is 18.8 Å². The van der Waals surface area contributed by atoms with E-state index in [0.717, 1.165) is 0 Å². The van der Waals surface area contributed by atoms with E-state index < -0.39 is 14.9 Å². The largest absolute Gasteiger partial charge is 0.339 e. The minimum absolute atomic E-state index is 0.0238. The van der Waals surface area contributed by atoms with Gasteiger partial charge in [-0.2, -0.15) is 4.31 Å². The second-order valence-corrected chi connectivity index (χ2v) is 8.52. The summed E-state index contributed by atoms with van der Waals surface area (Å²) >= 11 is 0. The lowest BCUT2D eigenvalue weighted by atomic mass is 10.1. The van der Waals surface area contributed by atoms with Crippen molar-refractivity contribution in [3.8, 4) is 0 Å². The first-order valence-electron chi connectivity index (χ1n) is 8.73. The number of carbonyl (C=O) groups excluding carboxylic acids is 1. The molecule has 0 spiro atoms. The quantitative estimate of drug-likeness (QED) is 0.554. The van der Waals surface area contributed by atoms with Gasteiger partial charge in [0.25, 0.3) is 21.6 Å². The van der Waals surface area contributed by atoms with Crippen LogP contribution in [0.25, 0.3) is 0 Å². The molecule has 1 aliphatic rings. The average molecular weight is 407 g/mol. The molecule has 0 radical (unpaired) electrons. The smallest absolute Gasteiger partial charge is 0.273 e. The van der Waals surface area contributed by atoms with Gasteiger partial charge in [0.1, 0.15) is 0 Å². The minimum atomic E-state index is -3.73. The van der Waals surface area contributed by atoms with Crippen LogP contribution < -0.4 is 0 Å². The van der Waals surface area contributed by atoms with Crippen molar-refractivity contribution in [2.24, 2.45) is 7.05 Å². The van der Waals surface area contributed by atoms with E-state index in [1.54, 1.807) is 29.5 Å². The Hall–Kier alpha value is -2.79. The first kappa shape index (κ1) is 20.0. The summed E-state index contributed by atoms with van der Waals surface area (Å²) < 4.78 is 28.4. The molecule has 0 bridgehead atoms. The second kappa shape index (κ2) is 7.68. The molecule has 1 aromatic carbocycles.